The van der Waals surface area contributed by atoms with Crippen molar-refractivity contribution in [3.05, 3.63) is 0 Å². The van der Waals surface area contributed by atoms with Gasteiger partial charge in [0.05, 0.1) is 6.04 Å². The fourth-order valence-electron chi connectivity index (χ4n) is 2.05. The summed E-state index contributed by atoms with van der Waals surface area (Å²) in [5, 5.41) is 2.79. The summed E-state index contributed by atoms with van der Waals surface area (Å²) in [5.74, 6) is 0.180. The van der Waals surface area contributed by atoms with E-state index >= 15 is 0 Å². The number of hydrogen-bond donors (Lipinski definition) is 1. The SMILES string of the molecule is CC(=O)N[C@@H](C(=O)C(C)C)C1CCOCC1.[HH]. The van der Waals surface area contributed by atoms with Crippen LogP contribution in [0, 0.1) is 11.8 Å². The Morgan fingerprint density at radius 3 is 2.31 bits per heavy atom. The fraction of sp³-hybridized carbons (Fsp3) is 0.833. The van der Waals surface area contributed by atoms with E-state index in [1.807, 2.05) is 13.8 Å². The number of nitrogens with one attached hydrogen (secondary N) is 1. The highest BCUT2D eigenvalue weighted by Crippen LogP contribution is 2.21. The standard InChI is InChI=1S/C12H21NO3.H2/c1-8(2)12(15)11(13-9(3)14)10-4-6-16-7-5-10;/h8,10-11H,4-7H2,1-3H3,(H,13,14);1H/t11-;/m1./s1. The van der Waals surface area contributed by atoms with Gasteiger partial charge in [0.2, 0.25) is 5.91 Å². The summed E-state index contributed by atoms with van der Waals surface area (Å²) < 4.78 is 5.27. The zero-order valence-corrected chi connectivity index (χ0v) is 10.3. The fourth-order valence-corrected chi connectivity index (χ4v) is 2.05. The molecule has 1 amide bonds. The first-order valence-electron chi connectivity index (χ1n) is 5.91. The van der Waals surface area contributed by atoms with Gasteiger partial charge in [0.25, 0.3) is 0 Å². The molecule has 0 unspecified atom stereocenters. The number of hydrogen-bond acceptors (Lipinski definition) is 3. The Labute approximate surface area is 98.2 Å². The second kappa shape index (κ2) is 5.99. The molecule has 1 rings (SSSR count). The van der Waals surface area contributed by atoms with Gasteiger partial charge in [-0.05, 0) is 18.8 Å². The van der Waals surface area contributed by atoms with E-state index in [1.165, 1.54) is 6.92 Å². The summed E-state index contributed by atoms with van der Waals surface area (Å²) >= 11 is 0. The van der Waals surface area contributed by atoms with Gasteiger partial charge < -0.3 is 10.1 Å². The molecule has 4 heteroatoms. The average Bonchev–Trinajstić information content (AvgIpc) is 2.26. The summed E-state index contributed by atoms with van der Waals surface area (Å²) in [5.41, 5.74) is 0. The van der Waals surface area contributed by atoms with E-state index in [0.29, 0.717) is 13.2 Å². The van der Waals surface area contributed by atoms with Crippen LogP contribution in [-0.2, 0) is 14.3 Å². The second-order valence-electron chi connectivity index (χ2n) is 4.69. The number of rotatable bonds is 4. The maximum absolute atomic E-state index is 12.0. The molecule has 0 saturated carbocycles. The Balaban J connectivity index is 0.00000256. The van der Waals surface area contributed by atoms with E-state index < -0.39 is 0 Å². The number of ether oxygens (including phenoxy) is 1. The van der Waals surface area contributed by atoms with Gasteiger partial charge in [-0.3, -0.25) is 9.59 Å². The highest BCUT2D eigenvalue weighted by Gasteiger charge is 2.31. The van der Waals surface area contributed by atoms with Gasteiger partial charge in [-0.1, -0.05) is 13.8 Å². The lowest BCUT2D eigenvalue weighted by Gasteiger charge is -2.30. The monoisotopic (exact) mass is 229 g/mol. The molecule has 0 aromatic carbocycles. The lowest BCUT2D eigenvalue weighted by Crippen LogP contribution is -2.48. The maximum atomic E-state index is 12.0. The highest BCUT2D eigenvalue weighted by atomic mass is 16.5. The predicted octanol–water partition coefficient (Wildman–Crippen LogP) is 1.39. The largest absolute Gasteiger partial charge is 0.381 e. The third-order valence-corrected chi connectivity index (χ3v) is 2.97. The van der Waals surface area contributed by atoms with Crippen LogP contribution < -0.4 is 5.32 Å². The summed E-state index contributed by atoms with van der Waals surface area (Å²) in [4.78, 5) is 23.2. The van der Waals surface area contributed by atoms with Crippen molar-refractivity contribution < 1.29 is 15.8 Å². The Morgan fingerprint density at radius 1 is 1.31 bits per heavy atom. The normalized spacial score (nSPS) is 19.5. The van der Waals surface area contributed by atoms with Crippen LogP contribution in [0.4, 0.5) is 0 Å². The van der Waals surface area contributed by atoms with Crippen LogP contribution in [-0.4, -0.2) is 30.9 Å². The molecular weight excluding hydrogens is 206 g/mol. The van der Waals surface area contributed by atoms with Crippen LogP contribution >= 0.6 is 0 Å². The van der Waals surface area contributed by atoms with Crippen molar-refractivity contribution in [2.24, 2.45) is 11.8 Å². The molecule has 0 aromatic heterocycles. The van der Waals surface area contributed by atoms with Gasteiger partial charge in [-0.15, -0.1) is 0 Å². The number of amides is 1. The zero-order valence-electron chi connectivity index (χ0n) is 10.3. The van der Waals surface area contributed by atoms with Crippen molar-refractivity contribution in [3.8, 4) is 0 Å². The van der Waals surface area contributed by atoms with Crippen LogP contribution in [0.15, 0.2) is 0 Å². The predicted molar refractivity (Wildman–Crippen MR) is 63.1 cm³/mol. The van der Waals surface area contributed by atoms with Crippen LogP contribution in [0.5, 0.6) is 0 Å². The molecule has 16 heavy (non-hydrogen) atoms. The van der Waals surface area contributed by atoms with E-state index in [4.69, 9.17) is 4.74 Å². The van der Waals surface area contributed by atoms with Crippen molar-refractivity contribution in [3.63, 3.8) is 0 Å². The lowest BCUT2D eigenvalue weighted by molar-refractivity contribution is -0.131. The van der Waals surface area contributed by atoms with E-state index in [-0.39, 0.29) is 31.0 Å². The van der Waals surface area contributed by atoms with Gasteiger partial charge in [0.1, 0.15) is 0 Å². The topological polar surface area (TPSA) is 55.4 Å². The summed E-state index contributed by atoms with van der Waals surface area (Å²) in [6.07, 6.45) is 1.70. The molecule has 0 radical (unpaired) electrons. The minimum atomic E-state index is -0.332. The molecule has 0 aliphatic carbocycles. The Kier molecular flexibility index (Phi) is 4.93. The van der Waals surface area contributed by atoms with Crippen LogP contribution in [0.2, 0.25) is 0 Å². The molecular formula is C12H23NO3. The van der Waals surface area contributed by atoms with Gasteiger partial charge in [0, 0.05) is 27.5 Å². The quantitative estimate of drug-likeness (QED) is 0.792. The Bertz CT molecular complexity index is 262. The molecule has 1 heterocycles. The number of Topliss-reactive ketones (excluding diaryl/α,β-unsaturated/α-hetero) is 1. The first kappa shape index (κ1) is 13.2. The molecule has 1 aliphatic rings. The van der Waals surface area contributed by atoms with Crippen LogP contribution in [0.1, 0.15) is 35.0 Å². The van der Waals surface area contributed by atoms with Crippen molar-refractivity contribution in [2.75, 3.05) is 13.2 Å². The molecule has 4 nitrogen and oxygen atoms in total. The maximum Gasteiger partial charge on any atom is 0.217 e. The van der Waals surface area contributed by atoms with Gasteiger partial charge in [0.15, 0.2) is 5.78 Å². The van der Waals surface area contributed by atoms with Crippen molar-refractivity contribution in [1.29, 1.82) is 0 Å². The van der Waals surface area contributed by atoms with Crippen molar-refractivity contribution >= 4 is 11.7 Å². The smallest absolute Gasteiger partial charge is 0.217 e. The summed E-state index contributed by atoms with van der Waals surface area (Å²) in [6, 6.07) is -0.332. The van der Waals surface area contributed by atoms with E-state index in [9.17, 15) is 9.59 Å². The number of carbonyl (C=O) groups is 2. The molecule has 94 valence electrons. The lowest BCUT2D eigenvalue weighted by atomic mass is 9.85. The van der Waals surface area contributed by atoms with Gasteiger partial charge in [-0.2, -0.15) is 0 Å². The van der Waals surface area contributed by atoms with Crippen molar-refractivity contribution in [1.82, 2.24) is 5.32 Å². The van der Waals surface area contributed by atoms with Crippen molar-refractivity contribution in [2.45, 2.75) is 39.7 Å². The highest BCUT2D eigenvalue weighted by molar-refractivity contribution is 5.89. The van der Waals surface area contributed by atoms with Gasteiger partial charge in [-0.25, -0.2) is 0 Å². The minimum Gasteiger partial charge on any atom is -0.381 e. The van der Waals surface area contributed by atoms with E-state index in [1.54, 1.807) is 0 Å². The average molecular weight is 229 g/mol. The third kappa shape index (κ3) is 3.59. The Morgan fingerprint density at radius 2 is 1.88 bits per heavy atom. The molecule has 1 N–H and O–H groups in total. The summed E-state index contributed by atoms with van der Waals surface area (Å²) in [7, 11) is 0. The summed E-state index contributed by atoms with van der Waals surface area (Å²) in [6.45, 7) is 6.57. The molecule has 0 spiro atoms. The minimum absolute atomic E-state index is 0. The van der Waals surface area contributed by atoms with E-state index in [0.717, 1.165) is 12.8 Å². The second-order valence-corrected chi connectivity index (χ2v) is 4.69. The van der Waals surface area contributed by atoms with Crippen LogP contribution in [0.3, 0.4) is 0 Å². The van der Waals surface area contributed by atoms with Gasteiger partial charge >= 0.3 is 0 Å². The Hall–Kier alpha value is -0.900. The first-order chi connectivity index (χ1) is 7.52. The molecule has 1 aliphatic heterocycles. The molecule has 1 saturated heterocycles. The number of ketones is 1. The molecule has 1 atom stereocenters. The van der Waals surface area contributed by atoms with Crippen LogP contribution in [0.25, 0.3) is 0 Å². The molecule has 1 fully saturated rings. The molecule has 0 aromatic rings. The first-order valence-corrected chi connectivity index (χ1v) is 5.91. The van der Waals surface area contributed by atoms with E-state index in [2.05, 4.69) is 5.32 Å². The zero-order chi connectivity index (χ0) is 12.1. The molecule has 0 bridgehead atoms. The third-order valence-electron chi connectivity index (χ3n) is 2.97. The number of carbonyl (C=O) groups excluding carboxylic acids is 2.